The summed E-state index contributed by atoms with van der Waals surface area (Å²) >= 11 is 0. The fourth-order valence-electron chi connectivity index (χ4n) is 1.92. The first-order valence-electron chi connectivity index (χ1n) is 6.15. The molecule has 1 aromatic carbocycles. The zero-order valence-corrected chi connectivity index (χ0v) is 11.9. The highest BCUT2D eigenvalue weighted by Crippen LogP contribution is 2.35. The van der Waals surface area contributed by atoms with E-state index in [1.807, 2.05) is 26.8 Å². The maximum Gasteiger partial charge on any atom is 0.374 e. The van der Waals surface area contributed by atoms with Crippen LogP contribution < -0.4 is 16.0 Å². The zero-order valence-electron chi connectivity index (χ0n) is 11.9. The molecule has 21 heavy (non-hydrogen) atoms. The summed E-state index contributed by atoms with van der Waals surface area (Å²) in [5.74, 6) is 5.48. The zero-order chi connectivity index (χ0) is 15.6. The summed E-state index contributed by atoms with van der Waals surface area (Å²) < 4.78 is 5.62. The lowest BCUT2D eigenvalue weighted by atomic mass is 10.1. The number of rotatable bonds is 4. The Bertz CT molecular complexity index is 702. The third-order valence-electron chi connectivity index (χ3n) is 3.08. The third-order valence-corrected chi connectivity index (χ3v) is 3.08. The van der Waals surface area contributed by atoms with Crippen LogP contribution >= 0.6 is 0 Å². The Balaban J connectivity index is 2.52. The Morgan fingerprint density at radius 3 is 2.62 bits per heavy atom. The molecule has 1 heterocycles. The lowest BCUT2D eigenvalue weighted by Crippen LogP contribution is -2.12. The molecule has 0 amide bonds. The van der Waals surface area contributed by atoms with Crippen LogP contribution in [0.2, 0.25) is 0 Å². The predicted octanol–water partition coefficient (Wildman–Crippen LogP) is 2.39. The molecule has 0 aliphatic carbocycles. The van der Waals surface area contributed by atoms with Gasteiger partial charge in [0.2, 0.25) is 5.82 Å². The Hall–Kier alpha value is -2.74. The van der Waals surface area contributed by atoms with Crippen LogP contribution in [0.5, 0.6) is 11.6 Å². The number of nitrogens with zero attached hydrogens (tertiary/aromatic N) is 3. The van der Waals surface area contributed by atoms with Gasteiger partial charge in [-0.3, -0.25) is 10.1 Å². The minimum absolute atomic E-state index is 0.105. The highest BCUT2D eigenvalue weighted by atomic mass is 16.6. The van der Waals surface area contributed by atoms with E-state index in [-0.39, 0.29) is 11.7 Å². The van der Waals surface area contributed by atoms with Crippen molar-refractivity contribution < 1.29 is 9.66 Å². The van der Waals surface area contributed by atoms with E-state index in [9.17, 15) is 10.1 Å². The topological polar surface area (TPSA) is 116 Å². The highest BCUT2D eigenvalue weighted by molar-refractivity contribution is 5.61. The second-order valence-corrected chi connectivity index (χ2v) is 4.58. The molecule has 8 nitrogen and oxygen atoms in total. The quantitative estimate of drug-likeness (QED) is 0.504. The first-order valence-corrected chi connectivity index (χ1v) is 6.15. The van der Waals surface area contributed by atoms with Crippen LogP contribution in [-0.2, 0) is 0 Å². The molecule has 0 atom stereocenters. The summed E-state index contributed by atoms with van der Waals surface area (Å²) in [4.78, 5) is 18.1. The van der Waals surface area contributed by atoms with Gasteiger partial charge in [-0.25, -0.2) is 10.8 Å². The van der Waals surface area contributed by atoms with E-state index in [4.69, 9.17) is 10.6 Å². The van der Waals surface area contributed by atoms with Crippen LogP contribution in [-0.4, -0.2) is 14.9 Å². The molecule has 2 aromatic rings. The Morgan fingerprint density at radius 2 is 2.00 bits per heavy atom. The number of nitrogens with one attached hydrogen (secondary N) is 1. The average molecular weight is 289 g/mol. The van der Waals surface area contributed by atoms with Crippen molar-refractivity contribution in [3.8, 4) is 11.6 Å². The Kier molecular flexibility index (Phi) is 3.99. The van der Waals surface area contributed by atoms with Crippen molar-refractivity contribution in [1.29, 1.82) is 0 Å². The molecule has 0 aliphatic rings. The number of anilines is 1. The van der Waals surface area contributed by atoms with Gasteiger partial charge in [0.15, 0.2) is 0 Å². The van der Waals surface area contributed by atoms with Gasteiger partial charge in [-0.05, 0) is 43.5 Å². The molecule has 110 valence electrons. The second kappa shape index (κ2) is 5.71. The number of aromatic nitrogens is 2. The van der Waals surface area contributed by atoms with E-state index in [1.54, 1.807) is 6.07 Å². The number of ether oxygens (including phenoxy) is 1. The van der Waals surface area contributed by atoms with Crippen molar-refractivity contribution in [2.45, 2.75) is 20.8 Å². The monoisotopic (exact) mass is 289 g/mol. The van der Waals surface area contributed by atoms with Crippen LogP contribution in [0.4, 0.5) is 11.5 Å². The minimum atomic E-state index is -0.636. The summed E-state index contributed by atoms with van der Waals surface area (Å²) in [5, 5.41) is 11.2. The third kappa shape index (κ3) is 2.90. The summed E-state index contributed by atoms with van der Waals surface area (Å²) in [6, 6.07) is 3.80. The van der Waals surface area contributed by atoms with Gasteiger partial charge in [0.1, 0.15) is 12.1 Å². The fourth-order valence-corrected chi connectivity index (χ4v) is 1.92. The first-order chi connectivity index (χ1) is 9.93. The number of nitro groups is 1. The van der Waals surface area contributed by atoms with Gasteiger partial charge in [-0.2, -0.15) is 4.98 Å². The van der Waals surface area contributed by atoms with Crippen LogP contribution in [0.15, 0.2) is 18.5 Å². The molecule has 0 saturated carbocycles. The molecule has 0 saturated heterocycles. The molecular formula is C13H15N5O3. The Labute approximate surface area is 121 Å². The molecule has 0 bridgehead atoms. The highest BCUT2D eigenvalue weighted by Gasteiger charge is 2.25. The molecule has 8 heteroatoms. The van der Waals surface area contributed by atoms with Crippen molar-refractivity contribution in [1.82, 2.24) is 9.97 Å². The largest absolute Gasteiger partial charge is 0.433 e. The molecule has 1 aromatic heterocycles. The van der Waals surface area contributed by atoms with Gasteiger partial charge in [0.25, 0.3) is 0 Å². The van der Waals surface area contributed by atoms with Gasteiger partial charge in [0, 0.05) is 0 Å². The van der Waals surface area contributed by atoms with Crippen molar-refractivity contribution >= 4 is 11.5 Å². The van der Waals surface area contributed by atoms with Gasteiger partial charge >= 0.3 is 11.6 Å². The summed E-state index contributed by atoms with van der Waals surface area (Å²) in [6.45, 7) is 5.73. The smallest absolute Gasteiger partial charge is 0.374 e. The van der Waals surface area contributed by atoms with Crippen molar-refractivity contribution in [2.24, 2.45) is 5.84 Å². The number of nitrogens with two attached hydrogens (primary N) is 1. The van der Waals surface area contributed by atoms with Gasteiger partial charge in [-0.15, -0.1) is 0 Å². The summed E-state index contributed by atoms with van der Waals surface area (Å²) in [7, 11) is 0. The number of hydrogen-bond donors (Lipinski definition) is 2. The first kappa shape index (κ1) is 14.7. The normalized spacial score (nSPS) is 10.3. The van der Waals surface area contributed by atoms with Gasteiger partial charge in [-0.1, -0.05) is 6.07 Å². The van der Waals surface area contributed by atoms with E-state index in [2.05, 4.69) is 15.4 Å². The summed E-state index contributed by atoms with van der Waals surface area (Å²) in [6.07, 6.45) is 1.15. The van der Waals surface area contributed by atoms with Crippen molar-refractivity contribution in [3.63, 3.8) is 0 Å². The standard InChI is InChI=1S/C13H15N5O3/c1-7-4-8(2)9(3)10(5-7)21-13-11(18(19)20)12(17-14)15-6-16-13/h4-6H,14H2,1-3H3,(H,15,16,17). The molecule has 0 unspecified atom stereocenters. The van der Waals surface area contributed by atoms with Gasteiger partial charge in [0.05, 0.1) is 4.92 Å². The number of nitrogen functional groups attached to an aromatic ring is 1. The second-order valence-electron chi connectivity index (χ2n) is 4.58. The van der Waals surface area contributed by atoms with Crippen LogP contribution in [0.25, 0.3) is 0 Å². The van der Waals surface area contributed by atoms with E-state index in [0.29, 0.717) is 5.75 Å². The molecule has 0 aliphatic heterocycles. The van der Waals surface area contributed by atoms with Crippen LogP contribution in [0, 0.1) is 30.9 Å². The molecular weight excluding hydrogens is 274 g/mol. The maximum atomic E-state index is 11.2. The van der Waals surface area contributed by atoms with Crippen molar-refractivity contribution in [3.05, 3.63) is 45.3 Å². The minimum Gasteiger partial charge on any atom is -0.433 e. The molecule has 0 fully saturated rings. The SMILES string of the molecule is Cc1cc(C)c(C)c(Oc2ncnc(NN)c2[N+](=O)[O-])c1. The van der Waals surface area contributed by atoms with Crippen LogP contribution in [0.1, 0.15) is 16.7 Å². The van der Waals surface area contributed by atoms with E-state index in [1.165, 1.54) is 0 Å². The molecule has 0 spiro atoms. The molecule has 3 N–H and O–H groups in total. The number of aryl methyl sites for hydroxylation is 2. The van der Waals surface area contributed by atoms with E-state index >= 15 is 0 Å². The predicted molar refractivity (Wildman–Crippen MR) is 77.2 cm³/mol. The number of benzene rings is 1. The lowest BCUT2D eigenvalue weighted by molar-refractivity contribution is -0.385. The fraction of sp³-hybridized carbons (Fsp3) is 0.231. The number of hydrazine groups is 1. The average Bonchev–Trinajstić information content (AvgIpc) is 2.43. The molecule has 0 radical (unpaired) electrons. The summed E-state index contributed by atoms with van der Waals surface area (Å²) in [5.41, 5.74) is 4.66. The van der Waals surface area contributed by atoms with Gasteiger partial charge < -0.3 is 10.2 Å². The lowest BCUT2D eigenvalue weighted by Gasteiger charge is -2.12. The van der Waals surface area contributed by atoms with Crippen molar-refractivity contribution in [2.75, 3.05) is 5.43 Å². The van der Waals surface area contributed by atoms with Crippen LogP contribution in [0.3, 0.4) is 0 Å². The maximum absolute atomic E-state index is 11.2. The molecule has 2 rings (SSSR count). The van der Waals surface area contributed by atoms with E-state index < -0.39 is 10.6 Å². The number of hydrogen-bond acceptors (Lipinski definition) is 7. The Morgan fingerprint density at radius 1 is 1.29 bits per heavy atom. The van der Waals surface area contributed by atoms with E-state index in [0.717, 1.165) is 23.0 Å².